The van der Waals surface area contributed by atoms with E-state index in [0.29, 0.717) is 21.3 Å². The molecule has 2 saturated heterocycles. The first-order valence-electron chi connectivity index (χ1n) is 9.87. The minimum absolute atomic E-state index is 0.316. The van der Waals surface area contributed by atoms with Gasteiger partial charge in [-0.05, 0) is 54.4 Å². The van der Waals surface area contributed by atoms with Crippen LogP contribution >= 0.6 is 23.2 Å². The minimum Gasteiger partial charge on any atom is -0.273 e. The zero-order chi connectivity index (χ0) is 21.7. The zero-order valence-corrected chi connectivity index (χ0v) is 18.0. The Balaban J connectivity index is 1.61. The normalized spacial score (nSPS) is 22.9. The van der Waals surface area contributed by atoms with Crippen molar-refractivity contribution in [3.05, 3.63) is 94.0 Å². The van der Waals surface area contributed by atoms with Crippen molar-refractivity contribution in [1.82, 2.24) is 0 Å². The van der Waals surface area contributed by atoms with Crippen LogP contribution in [0.1, 0.15) is 17.2 Å². The van der Waals surface area contributed by atoms with Crippen LogP contribution in [0.25, 0.3) is 0 Å². The summed E-state index contributed by atoms with van der Waals surface area (Å²) in [7, 11) is 0. The molecule has 5 rings (SSSR count). The summed E-state index contributed by atoms with van der Waals surface area (Å²) in [6.07, 6.45) is -0.935. The molecule has 2 aliphatic rings. The highest BCUT2D eigenvalue weighted by atomic mass is 35.5. The smallest absolute Gasteiger partial charge is 0.266 e. The van der Waals surface area contributed by atoms with Crippen molar-refractivity contribution in [2.24, 2.45) is 5.92 Å². The summed E-state index contributed by atoms with van der Waals surface area (Å²) >= 11 is 12.5. The Kier molecular flexibility index (Phi) is 4.97. The number of rotatable bonds is 3. The maximum Gasteiger partial charge on any atom is 0.266 e. The number of anilines is 2. The maximum absolute atomic E-state index is 13.6. The van der Waals surface area contributed by atoms with Crippen LogP contribution in [0.2, 0.25) is 10.0 Å². The molecule has 0 aromatic heterocycles. The number of hydrogen-bond donors (Lipinski definition) is 0. The molecule has 0 aliphatic carbocycles. The van der Waals surface area contributed by atoms with E-state index in [0.717, 1.165) is 11.3 Å². The lowest BCUT2D eigenvalue weighted by Crippen LogP contribution is -2.37. The summed E-state index contributed by atoms with van der Waals surface area (Å²) in [5, 5.41) is 2.69. The highest BCUT2D eigenvalue weighted by molar-refractivity contribution is 6.32. The Morgan fingerprint density at radius 1 is 0.871 bits per heavy atom. The lowest BCUT2D eigenvalue weighted by molar-refractivity contribution is -0.126. The van der Waals surface area contributed by atoms with E-state index in [2.05, 4.69) is 0 Å². The number of para-hydroxylation sites is 1. The van der Waals surface area contributed by atoms with E-state index < -0.39 is 24.0 Å². The molecule has 0 unspecified atom stereocenters. The second-order valence-electron chi connectivity index (χ2n) is 7.61. The molecule has 0 saturated carbocycles. The highest BCUT2D eigenvalue weighted by Crippen LogP contribution is 2.48. The van der Waals surface area contributed by atoms with E-state index >= 15 is 0 Å². The number of halogens is 2. The van der Waals surface area contributed by atoms with Gasteiger partial charge in [-0.15, -0.1) is 0 Å². The zero-order valence-electron chi connectivity index (χ0n) is 16.5. The predicted octanol–water partition coefficient (Wildman–Crippen LogP) is 5.35. The van der Waals surface area contributed by atoms with Gasteiger partial charge in [0.05, 0.1) is 17.4 Å². The van der Waals surface area contributed by atoms with Gasteiger partial charge in [0.15, 0.2) is 6.10 Å². The Morgan fingerprint density at radius 2 is 1.61 bits per heavy atom. The molecule has 156 valence electrons. The van der Waals surface area contributed by atoms with Gasteiger partial charge in [-0.2, -0.15) is 0 Å². The molecule has 0 bridgehead atoms. The van der Waals surface area contributed by atoms with Crippen molar-refractivity contribution in [1.29, 1.82) is 0 Å². The number of fused-ring (bicyclic) bond motifs is 1. The van der Waals surface area contributed by atoms with Crippen LogP contribution in [-0.2, 0) is 14.4 Å². The molecule has 0 spiro atoms. The van der Waals surface area contributed by atoms with E-state index in [4.69, 9.17) is 28.0 Å². The molecule has 2 fully saturated rings. The van der Waals surface area contributed by atoms with Crippen molar-refractivity contribution in [2.75, 3.05) is 9.96 Å². The standard InChI is InChI=1S/C24H18Cl2N2O3/c1-14-18(26)11-6-12-19(14)27-23(29)20-21(15-7-5-8-16(25)13-15)28(31-22(20)24(27)30)17-9-3-2-4-10-17/h2-13,20-22H,1H3/t20-,21-,22+/m1/s1. The van der Waals surface area contributed by atoms with Crippen molar-refractivity contribution < 1.29 is 14.4 Å². The first-order valence-corrected chi connectivity index (χ1v) is 10.6. The van der Waals surface area contributed by atoms with E-state index in [1.165, 1.54) is 4.90 Å². The third kappa shape index (κ3) is 3.21. The Labute approximate surface area is 189 Å². The second kappa shape index (κ2) is 7.68. The van der Waals surface area contributed by atoms with Gasteiger partial charge >= 0.3 is 0 Å². The summed E-state index contributed by atoms with van der Waals surface area (Å²) < 4.78 is 0. The number of imide groups is 1. The highest BCUT2D eigenvalue weighted by Gasteiger charge is 2.60. The van der Waals surface area contributed by atoms with Crippen LogP contribution in [0, 0.1) is 12.8 Å². The van der Waals surface area contributed by atoms with Gasteiger partial charge in [0, 0.05) is 10.0 Å². The fourth-order valence-corrected chi connectivity index (χ4v) is 4.69. The van der Waals surface area contributed by atoms with Crippen LogP contribution in [0.15, 0.2) is 72.8 Å². The molecule has 3 aromatic rings. The molecule has 7 heteroatoms. The summed E-state index contributed by atoms with van der Waals surface area (Å²) in [4.78, 5) is 34.3. The lowest BCUT2D eigenvalue weighted by Gasteiger charge is -2.29. The average Bonchev–Trinajstić information content (AvgIpc) is 3.27. The Hall–Kier alpha value is -2.86. The van der Waals surface area contributed by atoms with Crippen molar-refractivity contribution >= 4 is 46.4 Å². The number of carbonyl (C=O) groups excluding carboxylic acids is 2. The number of amides is 2. The quantitative estimate of drug-likeness (QED) is 0.502. The SMILES string of the molecule is Cc1c(Cl)cccc1N1C(=O)[C@H]2[C@H](ON(c3ccccc3)[C@@H]2c2cccc(Cl)c2)C1=O. The summed E-state index contributed by atoms with van der Waals surface area (Å²) in [5.41, 5.74) is 2.71. The van der Waals surface area contributed by atoms with Crippen molar-refractivity contribution in [3.8, 4) is 0 Å². The van der Waals surface area contributed by atoms with E-state index in [-0.39, 0.29) is 5.91 Å². The predicted molar refractivity (Wildman–Crippen MR) is 120 cm³/mol. The van der Waals surface area contributed by atoms with Gasteiger partial charge in [0.1, 0.15) is 5.92 Å². The molecule has 0 radical (unpaired) electrons. The second-order valence-corrected chi connectivity index (χ2v) is 8.45. The molecule has 5 nitrogen and oxygen atoms in total. The molecular formula is C24H18Cl2N2O3. The molecule has 3 atom stereocenters. The van der Waals surface area contributed by atoms with Crippen LogP contribution in [-0.4, -0.2) is 17.9 Å². The van der Waals surface area contributed by atoms with E-state index in [9.17, 15) is 9.59 Å². The third-order valence-corrected chi connectivity index (χ3v) is 6.44. The van der Waals surface area contributed by atoms with Gasteiger partial charge in [-0.1, -0.05) is 59.6 Å². The van der Waals surface area contributed by atoms with Gasteiger partial charge in [-0.3, -0.25) is 14.4 Å². The summed E-state index contributed by atoms with van der Waals surface area (Å²) in [6, 6.07) is 21.4. The summed E-state index contributed by atoms with van der Waals surface area (Å²) in [6.45, 7) is 1.79. The first kappa shape index (κ1) is 20.1. The average molecular weight is 453 g/mol. The van der Waals surface area contributed by atoms with Crippen LogP contribution in [0.4, 0.5) is 11.4 Å². The van der Waals surface area contributed by atoms with E-state index in [1.807, 2.05) is 42.5 Å². The van der Waals surface area contributed by atoms with E-state index in [1.54, 1.807) is 42.3 Å². The first-order chi connectivity index (χ1) is 15.0. The van der Waals surface area contributed by atoms with Gasteiger partial charge in [0.2, 0.25) is 5.91 Å². The topological polar surface area (TPSA) is 49.9 Å². The molecule has 3 aromatic carbocycles. The number of nitrogens with zero attached hydrogens (tertiary/aromatic N) is 2. The fraction of sp³-hybridized carbons (Fsp3) is 0.167. The molecule has 31 heavy (non-hydrogen) atoms. The minimum atomic E-state index is -0.935. The van der Waals surface area contributed by atoms with Crippen LogP contribution in [0.3, 0.4) is 0 Å². The third-order valence-electron chi connectivity index (χ3n) is 5.80. The van der Waals surface area contributed by atoms with Crippen LogP contribution in [0.5, 0.6) is 0 Å². The largest absolute Gasteiger partial charge is 0.273 e. The number of carbonyl (C=O) groups is 2. The van der Waals surface area contributed by atoms with Gasteiger partial charge in [0.25, 0.3) is 5.91 Å². The van der Waals surface area contributed by atoms with Crippen LogP contribution < -0.4 is 9.96 Å². The molecule has 0 N–H and O–H groups in total. The summed E-state index contributed by atoms with van der Waals surface area (Å²) in [5.74, 6) is -1.43. The number of hydroxylamine groups is 1. The monoisotopic (exact) mass is 452 g/mol. The lowest BCUT2D eigenvalue weighted by atomic mass is 9.90. The van der Waals surface area contributed by atoms with Gasteiger partial charge in [-0.25, -0.2) is 9.96 Å². The number of hydrogen-bond acceptors (Lipinski definition) is 4. The molecule has 2 heterocycles. The molecule has 2 aliphatic heterocycles. The Morgan fingerprint density at radius 3 is 2.35 bits per heavy atom. The van der Waals surface area contributed by atoms with Gasteiger partial charge < -0.3 is 0 Å². The molecular weight excluding hydrogens is 435 g/mol. The molecule has 2 amide bonds. The van der Waals surface area contributed by atoms with Crippen molar-refractivity contribution in [2.45, 2.75) is 19.1 Å². The fourth-order valence-electron chi connectivity index (χ4n) is 4.32. The maximum atomic E-state index is 13.6. The van der Waals surface area contributed by atoms with Crippen molar-refractivity contribution in [3.63, 3.8) is 0 Å². The Bertz CT molecular complexity index is 1180. The number of benzene rings is 3.